The van der Waals surface area contributed by atoms with Crippen molar-refractivity contribution in [2.24, 2.45) is 0 Å². The van der Waals surface area contributed by atoms with Gasteiger partial charge in [-0.3, -0.25) is 9.69 Å². The molecule has 1 heterocycles. The summed E-state index contributed by atoms with van der Waals surface area (Å²) in [7, 11) is 0. The lowest BCUT2D eigenvalue weighted by atomic mass is 10.0. The van der Waals surface area contributed by atoms with Crippen molar-refractivity contribution in [1.82, 2.24) is 14.7 Å². The lowest BCUT2D eigenvalue weighted by Gasteiger charge is -2.36. The van der Waals surface area contributed by atoms with Gasteiger partial charge in [0, 0.05) is 43.8 Å². The molecule has 2 aromatic carbocycles. The van der Waals surface area contributed by atoms with Crippen LogP contribution < -0.4 is 0 Å². The number of carbonyl (C=O) groups is 2. The number of carbonyl (C=O) groups excluding carboxylic acids is 1. The predicted molar refractivity (Wildman–Crippen MR) is 125 cm³/mol. The normalized spacial score (nSPS) is 14.9. The van der Waals surface area contributed by atoms with Crippen LogP contribution in [0.5, 0.6) is 0 Å². The molecule has 2 aromatic rings. The molecule has 3 rings (SSSR count). The number of hydrogen-bond acceptors (Lipinski definition) is 4. The van der Waals surface area contributed by atoms with Crippen LogP contribution in [0.15, 0.2) is 36.4 Å². The minimum absolute atomic E-state index is 0.0393. The Kier molecular flexibility index (Phi) is 7.37. The van der Waals surface area contributed by atoms with E-state index in [0.29, 0.717) is 31.6 Å². The van der Waals surface area contributed by atoms with Gasteiger partial charge in [0.05, 0.1) is 12.5 Å². The Morgan fingerprint density at radius 3 is 2.34 bits per heavy atom. The highest BCUT2D eigenvalue weighted by Gasteiger charge is 2.26. The van der Waals surface area contributed by atoms with Gasteiger partial charge in [-0.25, -0.2) is 4.79 Å². The van der Waals surface area contributed by atoms with Crippen LogP contribution in [0.3, 0.4) is 0 Å². The first-order valence-corrected chi connectivity index (χ1v) is 11.1. The van der Waals surface area contributed by atoms with Crippen molar-refractivity contribution >= 4 is 22.8 Å². The van der Waals surface area contributed by atoms with E-state index in [1.54, 1.807) is 0 Å². The first kappa shape index (κ1) is 23.6. The van der Waals surface area contributed by atoms with E-state index >= 15 is 0 Å². The Morgan fingerprint density at radius 2 is 1.72 bits per heavy atom. The third-order valence-electron chi connectivity index (χ3n) is 5.99. The van der Waals surface area contributed by atoms with Crippen LogP contribution in [0.4, 0.5) is 4.79 Å². The summed E-state index contributed by atoms with van der Waals surface area (Å²) >= 11 is 0. The van der Waals surface area contributed by atoms with E-state index in [0.717, 1.165) is 42.4 Å². The highest BCUT2D eigenvalue weighted by molar-refractivity contribution is 5.98. The number of nitriles is 1. The molecular weight excluding hydrogens is 404 g/mol. The van der Waals surface area contributed by atoms with Gasteiger partial charge in [-0.2, -0.15) is 5.26 Å². The van der Waals surface area contributed by atoms with Crippen molar-refractivity contribution in [1.29, 1.82) is 5.26 Å². The van der Waals surface area contributed by atoms with Gasteiger partial charge in [0.2, 0.25) is 0 Å². The second-order valence-corrected chi connectivity index (χ2v) is 9.32. The van der Waals surface area contributed by atoms with Crippen molar-refractivity contribution in [2.75, 3.05) is 39.3 Å². The summed E-state index contributed by atoms with van der Waals surface area (Å²) in [4.78, 5) is 30.1. The Balaban J connectivity index is 1.52. The largest absolute Gasteiger partial charge is 0.465 e. The van der Waals surface area contributed by atoms with E-state index < -0.39 is 11.6 Å². The van der Waals surface area contributed by atoms with E-state index in [1.807, 2.05) is 62.1 Å². The highest BCUT2D eigenvalue weighted by Crippen LogP contribution is 2.20. The maximum Gasteiger partial charge on any atom is 0.407 e. The van der Waals surface area contributed by atoms with E-state index in [1.165, 1.54) is 4.90 Å². The number of rotatable bonds is 6. The minimum Gasteiger partial charge on any atom is -0.465 e. The zero-order chi connectivity index (χ0) is 23.3. The average Bonchev–Trinajstić information content (AvgIpc) is 2.75. The lowest BCUT2D eigenvalue weighted by Crippen LogP contribution is -2.50. The first-order valence-electron chi connectivity index (χ1n) is 11.1. The van der Waals surface area contributed by atoms with Gasteiger partial charge in [-0.1, -0.05) is 24.3 Å². The average molecular weight is 437 g/mol. The fourth-order valence-electron chi connectivity index (χ4n) is 4.16. The first-order chi connectivity index (χ1) is 15.2. The fourth-order valence-corrected chi connectivity index (χ4v) is 4.16. The van der Waals surface area contributed by atoms with Gasteiger partial charge in [0.15, 0.2) is 0 Å². The maximum absolute atomic E-state index is 13.0. The van der Waals surface area contributed by atoms with E-state index in [-0.39, 0.29) is 5.91 Å². The SMILES string of the molecule is CC(C)(C)N(CCCN1CCN(C(=O)c2ccc3cc(CC#N)ccc3c2)CC1)C(=O)O. The molecule has 7 heteroatoms. The summed E-state index contributed by atoms with van der Waals surface area (Å²) in [5.74, 6) is 0.0393. The van der Waals surface area contributed by atoms with Gasteiger partial charge >= 0.3 is 6.09 Å². The highest BCUT2D eigenvalue weighted by atomic mass is 16.4. The Morgan fingerprint density at radius 1 is 1.06 bits per heavy atom. The molecule has 0 atom stereocenters. The molecule has 0 saturated carbocycles. The Hall–Kier alpha value is -3.11. The van der Waals surface area contributed by atoms with Crippen LogP contribution in [0, 0.1) is 11.3 Å². The molecule has 0 aliphatic carbocycles. The molecule has 1 aliphatic rings. The molecule has 0 aromatic heterocycles. The number of nitrogens with zero attached hydrogens (tertiary/aromatic N) is 4. The quantitative estimate of drug-likeness (QED) is 0.743. The molecule has 1 N–H and O–H groups in total. The van der Waals surface area contributed by atoms with Crippen molar-refractivity contribution < 1.29 is 14.7 Å². The molecule has 1 saturated heterocycles. The standard InChI is InChI=1S/C25H32N4O3/c1-25(2,3)29(24(31)32)12-4-11-27-13-15-28(16-14-27)23(30)22-8-7-20-17-19(9-10-26)5-6-21(20)18-22/h5-8,17-18H,4,9,11-16H2,1-3H3,(H,31,32). The van der Waals surface area contributed by atoms with Crippen molar-refractivity contribution in [2.45, 2.75) is 39.2 Å². The second-order valence-electron chi connectivity index (χ2n) is 9.32. The zero-order valence-electron chi connectivity index (χ0n) is 19.2. The van der Waals surface area contributed by atoms with Crippen LogP contribution in [0.1, 0.15) is 43.1 Å². The van der Waals surface area contributed by atoms with Crippen LogP contribution in [0.25, 0.3) is 10.8 Å². The van der Waals surface area contributed by atoms with E-state index in [9.17, 15) is 14.7 Å². The zero-order valence-corrected chi connectivity index (χ0v) is 19.2. The number of fused-ring (bicyclic) bond motifs is 1. The van der Waals surface area contributed by atoms with Gasteiger partial charge in [-0.15, -0.1) is 0 Å². The molecule has 0 unspecified atom stereocenters. The number of carboxylic acid groups (broad SMARTS) is 1. The van der Waals surface area contributed by atoms with Gasteiger partial charge < -0.3 is 14.9 Å². The van der Waals surface area contributed by atoms with Crippen molar-refractivity contribution in [3.8, 4) is 6.07 Å². The Labute approximate surface area is 189 Å². The molecule has 0 radical (unpaired) electrons. The molecular formula is C25H32N4O3. The lowest BCUT2D eigenvalue weighted by molar-refractivity contribution is 0.0617. The summed E-state index contributed by atoms with van der Waals surface area (Å²) in [5.41, 5.74) is 1.25. The molecule has 32 heavy (non-hydrogen) atoms. The van der Waals surface area contributed by atoms with E-state index in [2.05, 4.69) is 11.0 Å². The summed E-state index contributed by atoms with van der Waals surface area (Å²) in [6, 6.07) is 13.8. The topological polar surface area (TPSA) is 87.9 Å². The molecule has 7 nitrogen and oxygen atoms in total. The molecule has 1 fully saturated rings. The van der Waals surface area contributed by atoms with Gasteiger partial charge in [0.25, 0.3) is 5.91 Å². The fraction of sp³-hybridized carbons (Fsp3) is 0.480. The predicted octanol–water partition coefficient (Wildman–Crippen LogP) is 3.83. The summed E-state index contributed by atoms with van der Waals surface area (Å²) in [6.07, 6.45) is 0.270. The minimum atomic E-state index is -0.885. The van der Waals surface area contributed by atoms with E-state index in [4.69, 9.17) is 5.26 Å². The summed E-state index contributed by atoms with van der Waals surface area (Å²) in [5, 5.41) is 20.3. The number of amides is 2. The maximum atomic E-state index is 13.0. The summed E-state index contributed by atoms with van der Waals surface area (Å²) < 4.78 is 0. The molecule has 0 spiro atoms. The molecule has 2 amide bonds. The Bertz CT molecular complexity index is 1010. The summed E-state index contributed by atoms with van der Waals surface area (Å²) in [6.45, 7) is 9.96. The van der Waals surface area contributed by atoms with Crippen LogP contribution >= 0.6 is 0 Å². The van der Waals surface area contributed by atoms with Crippen molar-refractivity contribution in [3.05, 3.63) is 47.5 Å². The number of piperazine rings is 1. The van der Waals surface area contributed by atoms with Crippen molar-refractivity contribution in [3.63, 3.8) is 0 Å². The monoisotopic (exact) mass is 436 g/mol. The van der Waals surface area contributed by atoms with Crippen LogP contribution in [0.2, 0.25) is 0 Å². The van der Waals surface area contributed by atoms with Gasteiger partial charge in [0.1, 0.15) is 0 Å². The smallest absolute Gasteiger partial charge is 0.407 e. The molecule has 170 valence electrons. The third-order valence-corrected chi connectivity index (χ3v) is 5.99. The number of benzene rings is 2. The third kappa shape index (κ3) is 5.77. The second kappa shape index (κ2) is 10.0. The van der Waals surface area contributed by atoms with Crippen LogP contribution in [-0.2, 0) is 6.42 Å². The van der Waals surface area contributed by atoms with Gasteiger partial charge in [-0.05, 0) is 62.2 Å². The molecule has 1 aliphatic heterocycles. The number of hydrogen-bond donors (Lipinski definition) is 1. The van der Waals surface area contributed by atoms with Crippen LogP contribution in [-0.4, -0.2) is 76.6 Å². The molecule has 0 bridgehead atoms.